The molecule has 2 N–H and O–H groups in total. The largest absolute Gasteiger partial charge is 0.497 e. The molecule has 5 nitrogen and oxygen atoms in total. The average molecular weight is 345 g/mol. The topological polar surface area (TPSA) is 53.6 Å². The van der Waals surface area contributed by atoms with Crippen molar-refractivity contribution in [3.63, 3.8) is 0 Å². The van der Waals surface area contributed by atoms with Crippen LogP contribution in [-0.4, -0.2) is 26.2 Å². The molecule has 0 saturated carbocycles. The van der Waals surface area contributed by atoms with Crippen LogP contribution < -0.4 is 20.3 Å². The number of amides is 2. The number of methoxy groups -OCH3 is 1. The zero-order chi connectivity index (χ0) is 18.4. The first-order valence-electron chi connectivity index (χ1n) is 8.11. The third-order valence-electron chi connectivity index (χ3n) is 3.97. The summed E-state index contributed by atoms with van der Waals surface area (Å²) in [6.07, 6.45) is 0. The molecular weight excluding hydrogens is 321 g/mol. The maximum absolute atomic E-state index is 14.2. The molecule has 0 aliphatic carbocycles. The molecule has 25 heavy (non-hydrogen) atoms. The van der Waals surface area contributed by atoms with Crippen molar-refractivity contribution in [3.05, 3.63) is 53.8 Å². The summed E-state index contributed by atoms with van der Waals surface area (Å²) in [4.78, 5) is 13.8. The highest BCUT2D eigenvalue weighted by Gasteiger charge is 2.12. The summed E-state index contributed by atoms with van der Waals surface area (Å²) in [5, 5.41) is 5.37. The van der Waals surface area contributed by atoms with Crippen molar-refractivity contribution in [3.8, 4) is 5.75 Å². The molecule has 0 bridgehead atoms. The number of carbonyl (C=O) groups excluding carboxylic acids is 1. The molecule has 2 aromatic rings. The summed E-state index contributed by atoms with van der Waals surface area (Å²) in [5.74, 6) is 0.388. The fourth-order valence-electron chi connectivity index (χ4n) is 2.25. The Morgan fingerprint density at radius 1 is 1.20 bits per heavy atom. The monoisotopic (exact) mass is 345 g/mol. The zero-order valence-electron chi connectivity index (χ0n) is 15.0. The van der Waals surface area contributed by atoms with Gasteiger partial charge in [-0.1, -0.05) is 12.1 Å². The van der Waals surface area contributed by atoms with Crippen LogP contribution in [0.5, 0.6) is 5.75 Å². The van der Waals surface area contributed by atoms with Gasteiger partial charge < -0.3 is 20.3 Å². The molecule has 0 aliphatic heterocycles. The summed E-state index contributed by atoms with van der Waals surface area (Å²) < 4.78 is 19.3. The summed E-state index contributed by atoms with van der Waals surface area (Å²) in [6.45, 7) is 4.34. The standard InChI is InChI=1S/C19H24FN3O2/c1-13(2)23(3)18-10-7-15(11-17(18)20)22-19(24)21-12-14-5-8-16(25-4)9-6-14/h5-11,13H,12H2,1-4H3,(H2,21,22,24). The number of anilines is 2. The Hall–Kier alpha value is -2.76. The molecule has 0 radical (unpaired) electrons. The molecule has 0 spiro atoms. The van der Waals surface area contributed by atoms with Crippen molar-refractivity contribution in [2.75, 3.05) is 24.4 Å². The third-order valence-corrected chi connectivity index (χ3v) is 3.97. The van der Waals surface area contributed by atoms with E-state index in [1.165, 1.54) is 6.07 Å². The van der Waals surface area contributed by atoms with Crippen molar-refractivity contribution in [1.82, 2.24) is 5.32 Å². The lowest BCUT2D eigenvalue weighted by molar-refractivity contribution is 0.251. The van der Waals surface area contributed by atoms with Gasteiger partial charge in [-0.05, 0) is 49.7 Å². The highest BCUT2D eigenvalue weighted by Crippen LogP contribution is 2.23. The molecule has 2 rings (SSSR count). The highest BCUT2D eigenvalue weighted by molar-refractivity contribution is 5.89. The minimum Gasteiger partial charge on any atom is -0.497 e. The van der Waals surface area contributed by atoms with Crippen LogP contribution in [0.3, 0.4) is 0 Å². The number of halogens is 1. The summed E-state index contributed by atoms with van der Waals surface area (Å²) in [6, 6.07) is 11.9. The Balaban J connectivity index is 1.92. The first-order chi connectivity index (χ1) is 11.9. The Morgan fingerprint density at radius 2 is 1.88 bits per heavy atom. The maximum Gasteiger partial charge on any atom is 0.319 e. The molecule has 0 aromatic heterocycles. The van der Waals surface area contributed by atoms with Crippen LogP contribution in [0.2, 0.25) is 0 Å². The molecule has 2 amide bonds. The van der Waals surface area contributed by atoms with Crippen molar-refractivity contribution in [2.45, 2.75) is 26.4 Å². The zero-order valence-corrected chi connectivity index (χ0v) is 15.0. The number of urea groups is 1. The van der Waals surface area contributed by atoms with Crippen LogP contribution in [0.25, 0.3) is 0 Å². The molecular formula is C19H24FN3O2. The number of ether oxygens (including phenoxy) is 1. The second kappa shape index (κ2) is 8.37. The molecule has 0 saturated heterocycles. The summed E-state index contributed by atoms with van der Waals surface area (Å²) in [5.41, 5.74) is 1.85. The van der Waals surface area contributed by atoms with Crippen LogP contribution in [0.4, 0.5) is 20.6 Å². The minimum atomic E-state index is -0.389. The van der Waals surface area contributed by atoms with Crippen LogP contribution in [0.1, 0.15) is 19.4 Å². The van der Waals surface area contributed by atoms with Crippen LogP contribution >= 0.6 is 0 Å². The van der Waals surface area contributed by atoms with Crippen LogP contribution in [0.15, 0.2) is 42.5 Å². The van der Waals surface area contributed by atoms with Gasteiger partial charge in [-0.15, -0.1) is 0 Å². The summed E-state index contributed by atoms with van der Waals surface area (Å²) >= 11 is 0. The van der Waals surface area contributed by atoms with E-state index in [0.717, 1.165) is 11.3 Å². The minimum absolute atomic E-state index is 0.182. The highest BCUT2D eigenvalue weighted by atomic mass is 19.1. The predicted octanol–water partition coefficient (Wildman–Crippen LogP) is 4.00. The number of hydrogen-bond donors (Lipinski definition) is 2. The van der Waals surface area contributed by atoms with E-state index in [4.69, 9.17) is 4.74 Å². The Labute approximate surface area is 147 Å². The first-order valence-corrected chi connectivity index (χ1v) is 8.11. The molecule has 0 heterocycles. The lowest BCUT2D eigenvalue weighted by atomic mass is 10.2. The van der Waals surface area contributed by atoms with Crippen molar-refractivity contribution in [2.24, 2.45) is 0 Å². The lowest BCUT2D eigenvalue weighted by Crippen LogP contribution is -2.28. The van der Waals surface area contributed by atoms with Gasteiger partial charge in [0.25, 0.3) is 0 Å². The second-order valence-electron chi connectivity index (χ2n) is 6.03. The van der Waals surface area contributed by atoms with Gasteiger partial charge in [-0.3, -0.25) is 0 Å². The van der Waals surface area contributed by atoms with E-state index in [1.54, 1.807) is 19.2 Å². The summed E-state index contributed by atoms with van der Waals surface area (Å²) in [7, 11) is 3.43. The number of benzene rings is 2. The number of nitrogens with zero attached hydrogens (tertiary/aromatic N) is 1. The quantitative estimate of drug-likeness (QED) is 0.832. The number of carbonyl (C=O) groups is 1. The molecule has 0 fully saturated rings. The van der Waals surface area contributed by atoms with E-state index in [1.807, 2.05) is 50.1 Å². The van der Waals surface area contributed by atoms with Gasteiger partial charge in [-0.2, -0.15) is 0 Å². The third kappa shape index (κ3) is 5.11. The van der Waals surface area contributed by atoms with E-state index >= 15 is 0 Å². The van der Waals surface area contributed by atoms with Gasteiger partial charge in [0.15, 0.2) is 0 Å². The molecule has 0 aliphatic rings. The van der Waals surface area contributed by atoms with E-state index in [2.05, 4.69) is 10.6 Å². The normalized spacial score (nSPS) is 10.5. The average Bonchev–Trinajstić information content (AvgIpc) is 2.60. The van der Waals surface area contributed by atoms with Gasteiger partial charge in [-0.25, -0.2) is 9.18 Å². The molecule has 6 heteroatoms. The van der Waals surface area contributed by atoms with Gasteiger partial charge in [0, 0.05) is 25.3 Å². The van der Waals surface area contributed by atoms with Crippen molar-refractivity contribution in [1.29, 1.82) is 0 Å². The fourth-order valence-corrected chi connectivity index (χ4v) is 2.25. The number of hydrogen-bond acceptors (Lipinski definition) is 3. The first kappa shape index (κ1) is 18.6. The number of nitrogens with one attached hydrogen (secondary N) is 2. The van der Waals surface area contributed by atoms with Crippen LogP contribution in [-0.2, 0) is 6.54 Å². The number of rotatable bonds is 6. The van der Waals surface area contributed by atoms with E-state index in [9.17, 15) is 9.18 Å². The van der Waals surface area contributed by atoms with E-state index < -0.39 is 0 Å². The lowest BCUT2D eigenvalue weighted by Gasteiger charge is -2.24. The molecule has 0 atom stereocenters. The van der Waals surface area contributed by atoms with Crippen molar-refractivity contribution >= 4 is 17.4 Å². The molecule has 0 unspecified atom stereocenters. The van der Waals surface area contributed by atoms with Gasteiger partial charge in [0.05, 0.1) is 12.8 Å². The maximum atomic E-state index is 14.2. The second-order valence-corrected chi connectivity index (χ2v) is 6.03. The Morgan fingerprint density at radius 3 is 2.44 bits per heavy atom. The molecule has 134 valence electrons. The van der Waals surface area contributed by atoms with E-state index in [0.29, 0.717) is 17.9 Å². The SMILES string of the molecule is COc1ccc(CNC(=O)Nc2ccc(N(C)C(C)C)c(F)c2)cc1. The smallest absolute Gasteiger partial charge is 0.319 e. The Kier molecular flexibility index (Phi) is 6.22. The van der Waals surface area contributed by atoms with E-state index in [-0.39, 0.29) is 17.9 Å². The fraction of sp³-hybridized carbons (Fsp3) is 0.316. The molecule has 2 aromatic carbocycles. The predicted molar refractivity (Wildman–Crippen MR) is 98.8 cm³/mol. The Bertz CT molecular complexity index is 717. The van der Waals surface area contributed by atoms with Crippen molar-refractivity contribution < 1.29 is 13.9 Å². The van der Waals surface area contributed by atoms with Gasteiger partial charge >= 0.3 is 6.03 Å². The van der Waals surface area contributed by atoms with Gasteiger partial charge in [0.2, 0.25) is 0 Å². The van der Waals surface area contributed by atoms with Gasteiger partial charge in [0.1, 0.15) is 11.6 Å². The van der Waals surface area contributed by atoms with Crippen LogP contribution in [0, 0.1) is 5.82 Å².